The van der Waals surface area contributed by atoms with Gasteiger partial charge in [0.25, 0.3) is 11.8 Å². The van der Waals surface area contributed by atoms with Crippen LogP contribution < -0.4 is 22.3 Å². The van der Waals surface area contributed by atoms with Gasteiger partial charge in [-0.3, -0.25) is 24.6 Å². The molecule has 2 fully saturated rings. The van der Waals surface area contributed by atoms with Gasteiger partial charge in [-0.05, 0) is 19.9 Å². The van der Waals surface area contributed by atoms with Gasteiger partial charge in [0.2, 0.25) is 11.5 Å². The Morgan fingerprint density at radius 2 is 2.11 bits per heavy atom. The highest BCUT2D eigenvalue weighted by Gasteiger charge is 2.57. The number of thiazole rings is 1. The molecule has 21 heteroatoms. The van der Waals surface area contributed by atoms with Crippen LogP contribution in [0.4, 0.5) is 5.13 Å². The van der Waals surface area contributed by atoms with Crippen molar-refractivity contribution in [3.05, 3.63) is 29.0 Å². The molecule has 2 aliphatic rings. The first-order valence-corrected chi connectivity index (χ1v) is 15.7. The number of hydrogen-bond acceptors (Lipinski definition) is 16. The number of thioether (sulfide) groups is 2. The summed E-state index contributed by atoms with van der Waals surface area (Å²) in [5.41, 5.74) is 5.41. The van der Waals surface area contributed by atoms with Crippen molar-refractivity contribution < 1.29 is 34.2 Å². The number of hydrogen-bond donors (Lipinski definition) is 6. The topological polar surface area (TPSA) is 266 Å². The van der Waals surface area contributed by atoms with E-state index >= 15 is 0 Å². The number of β-lactam (4-membered cyclic amide) rings is 1. The Hall–Kier alpha value is -4.05. The van der Waals surface area contributed by atoms with E-state index in [2.05, 4.69) is 30.8 Å². The van der Waals surface area contributed by atoms with E-state index < -0.39 is 46.1 Å². The first-order valence-electron chi connectivity index (χ1n) is 12.8. The number of nitrogens with zero attached hydrogens (tertiary/aromatic N) is 7. The van der Waals surface area contributed by atoms with Gasteiger partial charge in [0.1, 0.15) is 27.6 Å². The van der Waals surface area contributed by atoms with Crippen LogP contribution in [0.25, 0.3) is 5.65 Å². The molecule has 0 aliphatic carbocycles. The van der Waals surface area contributed by atoms with Gasteiger partial charge in [-0.15, -0.1) is 40.0 Å². The number of oxime groups is 1. The molecule has 2 unspecified atom stereocenters. The van der Waals surface area contributed by atoms with Crippen molar-refractivity contribution in [3.63, 3.8) is 0 Å². The molecule has 2 saturated heterocycles. The Morgan fingerprint density at radius 3 is 2.77 bits per heavy atom. The second kappa shape index (κ2) is 12.1. The van der Waals surface area contributed by atoms with E-state index in [1.165, 1.54) is 58.4 Å². The normalized spacial score (nSPS) is 21.9. The minimum Gasteiger partial charge on any atom is -0.481 e. The Kier molecular flexibility index (Phi) is 8.66. The van der Waals surface area contributed by atoms with Crippen molar-refractivity contribution in [3.8, 4) is 0 Å². The Bertz CT molecular complexity index is 1660. The number of carboxylic acids is 1. The number of nitrogens with two attached hydrogens (primary N) is 2. The number of hydrazine groups is 1. The lowest BCUT2D eigenvalue weighted by atomic mass is 9.89. The molecule has 18 nitrogen and oxygen atoms in total. The number of nitrogen functional groups attached to an aromatic ring is 1. The van der Waals surface area contributed by atoms with Crippen LogP contribution in [0.5, 0.6) is 0 Å². The summed E-state index contributed by atoms with van der Waals surface area (Å²) in [5.74, 6) is 2.36. The second-order valence-corrected chi connectivity index (χ2v) is 13.3. The van der Waals surface area contributed by atoms with Crippen LogP contribution in [0, 0.1) is 5.41 Å². The molecule has 0 spiro atoms. The van der Waals surface area contributed by atoms with Gasteiger partial charge in [0.15, 0.2) is 16.5 Å². The summed E-state index contributed by atoms with van der Waals surface area (Å²) >= 11 is 3.46. The second-order valence-electron chi connectivity index (χ2n) is 10.3. The van der Waals surface area contributed by atoms with E-state index in [-0.39, 0.29) is 41.2 Å². The number of aromatic nitrogens is 5. The molecule has 0 aromatic carbocycles. The molecule has 0 bridgehead atoms. The SMILES string of the molecule is CC(C)(ON=C(C(=O)NC1C(=O)N2CC(CSc3cc(CO)n4nncc4n3)(C(=O)O)CS[C@H]12)c1csc(N)n1)C(=O)NN. The summed E-state index contributed by atoms with van der Waals surface area (Å²) in [6.45, 7) is 2.37. The highest BCUT2D eigenvalue weighted by atomic mass is 32.2. The summed E-state index contributed by atoms with van der Waals surface area (Å²) in [7, 11) is 0. The van der Waals surface area contributed by atoms with E-state index in [1.54, 1.807) is 6.07 Å². The van der Waals surface area contributed by atoms with Gasteiger partial charge in [-0.2, -0.15) is 4.52 Å². The molecule has 2 aliphatic heterocycles. The summed E-state index contributed by atoms with van der Waals surface area (Å²) in [6.07, 6.45) is 1.42. The van der Waals surface area contributed by atoms with Crippen molar-refractivity contribution >= 4 is 75.0 Å². The molecular weight excluding hydrogens is 639 g/mol. The molecule has 234 valence electrons. The van der Waals surface area contributed by atoms with E-state index in [1.807, 2.05) is 5.43 Å². The predicted molar refractivity (Wildman–Crippen MR) is 158 cm³/mol. The van der Waals surface area contributed by atoms with Gasteiger partial charge in [-0.1, -0.05) is 10.4 Å². The van der Waals surface area contributed by atoms with Gasteiger partial charge in [0.05, 0.1) is 18.5 Å². The third-order valence-electron chi connectivity index (χ3n) is 6.88. The van der Waals surface area contributed by atoms with Crippen molar-refractivity contribution in [1.82, 2.24) is 40.4 Å². The Labute approximate surface area is 260 Å². The number of aliphatic hydroxyl groups excluding tert-OH is 1. The first-order chi connectivity index (χ1) is 20.9. The minimum absolute atomic E-state index is 0.0682. The molecular formula is C23H27N11O7S3. The number of aliphatic hydroxyl groups is 1. The average Bonchev–Trinajstić information content (AvgIpc) is 3.66. The van der Waals surface area contributed by atoms with Crippen LogP contribution in [-0.2, 0) is 30.6 Å². The number of aliphatic carboxylic acids is 1. The molecule has 44 heavy (non-hydrogen) atoms. The Balaban J connectivity index is 1.28. The minimum atomic E-state index is -1.54. The molecule has 3 atom stereocenters. The van der Waals surface area contributed by atoms with Crippen LogP contribution in [-0.4, -0.2) is 104 Å². The molecule has 3 amide bonds. The molecule has 3 aromatic heterocycles. The maximum atomic E-state index is 13.3. The summed E-state index contributed by atoms with van der Waals surface area (Å²) in [5, 5.41) is 35.6. The molecule has 8 N–H and O–H groups in total. The van der Waals surface area contributed by atoms with Gasteiger partial charge in [0, 0.05) is 23.4 Å². The summed E-state index contributed by atoms with van der Waals surface area (Å²) in [4.78, 5) is 66.2. The van der Waals surface area contributed by atoms with Crippen molar-refractivity contribution in [2.45, 2.75) is 42.5 Å². The average molecular weight is 666 g/mol. The molecule has 3 aromatic rings. The molecule has 5 heterocycles. The number of rotatable bonds is 11. The predicted octanol–water partition coefficient (Wildman–Crippen LogP) is -1.59. The van der Waals surface area contributed by atoms with Gasteiger partial charge in [-0.25, -0.2) is 15.8 Å². The van der Waals surface area contributed by atoms with Gasteiger partial charge < -0.3 is 31.0 Å². The number of fused-ring (bicyclic) bond motifs is 2. The van der Waals surface area contributed by atoms with E-state index in [0.717, 1.165) is 11.3 Å². The zero-order chi connectivity index (χ0) is 31.8. The zero-order valence-electron chi connectivity index (χ0n) is 23.2. The van der Waals surface area contributed by atoms with Crippen LogP contribution in [0.2, 0.25) is 0 Å². The smallest absolute Gasteiger partial charge is 0.313 e. The zero-order valence-corrected chi connectivity index (χ0v) is 25.6. The van der Waals surface area contributed by atoms with Crippen molar-refractivity contribution in [2.75, 3.05) is 23.8 Å². The van der Waals surface area contributed by atoms with E-state index in [4.69, 9.17) is 16.4 Å². The fourth-order valence-electron chi connectivity index (χ4n) is 4.35. The fraction of sp³-hybridized carbons (Fsp3) is 0.435. The standard InChI is InChI=1S/C23H27N11O7S3/c1-22(2,19(38)30-25)41-31-14(11-6-42-21(24)27-11)16(36)29-15-17(37)33-7-23(20(39)40,9-44-18(15)33)8-43-13-3-10(5-35)34-12(28-13)4-26-32-34/h3-4,6,15,18,35H,5,7-9,25H2,1-2H3,(H2,24,27)(H,29,36)(H,30,38)(H,39,40)/t15?,18-,23?/m1/s1. The molecule has 5 rings (SSSR count). The van der Waals surface area contributed by atoms with Crippen LogP contribution in [0.15, 0.2) is 27.8 Å². The third-order valence-corrected chi connectivity index (χ3v) is 10.3. The van der Waals surface area contributed by atoms with Crippen LogP contribution >= 0.6 is 34.9 Å². The van der Waals surface area contributed by atoms with Crippen LogP contribution in [0.3, 0.4) is 0 Å². The lowest BCUT2D eigenvalue weighted by molar-refractivity contribution is -0.157. The highest BCUT2D eigenvalue weighted by molar-refractivity contribution is 8.00. The quantitative estimate of drug-likeness (QED) is 0.0256. The van der Waals surface area contributed by atoms with E-state index in [9.17, 15) is 29.4 Å². The van der Waals surface area contributed by atoms with Gasteiger partial charge >= 0.3 is 5.97 Å². The summed E-state index contributed by atoms with van der Waals surface area (Å²) in [6, 6.07) is 0.627. The number of anilines is 1. The number of carbonyl (C=O) groups excluding carboxylic acids is 3. The first kappa shape index (κ1) is 31.4. The number of amides is 3. The lowest BCUT2D eigenvalue weighted by Gasteiger charge is -2.53. The molecule has 0 radical (unpaired) electrons. The summed E-state index contributed by atoms with van der Waals surface area (Å²) < 4.78 is 1.38. The molecule has 0 saturated carbocycles. The number of nitrogens with one attached hydrogen (secondary N) is 2. The largest absolute Gasteiger partial charge is 0.481 e. The number of carbonyl (C=O) groups is 4. The van der Waals surface area contributed by atoms with Crippen molar-refractivity contribution in [2.24, 2.45) is 16.4 Å². The lowest BCUT2D eigenvalue weighted by Crippen LogP contribution is -2.74. The highest BCUT2D eigenvalue weighted by Crippen LogP contribution is 2.44. The van der Waals surface area contributed by atoms with Crippen LogP contribution in [0.1, 0.15) is 25.2 Å². The Morgan fingerprint density at radius 1 is 1.34 bits per heavy atom. The van der Waals surface area contributed by atoms with Crippen molar-refractivity contribution in [1.29, 1.82) is 0 Å². The number of carboxylic acid groups (broad SMARTS) is 1. The monoisotopic (exact) mass is 665 g/mol. The third kappa shape index (κ3) is 5.87. The van der Waals surface area contributed by atoms with E-state index in [0.29, 0.717) is 16.4 Å². The maximum absolute atomic E-state index is 13.3. The maximum Gasteiger partial charge on any atom is 0.313 e. The fourth-order valence-corrected chi connectivity index (χ4v) is 7.69.